The van der Waals surface area contributed by atoms with E-state index in [2.05, 4.69) is 24.0 Å². The van der Waals surface area contributed by atoms with Crippen molar-refractivity contribution in [3.05, 3.63) is 58.1 Å². The predicted molar refractivity (Wildman–Crippen MR) is 108 cm³/mol. The third kappa shape index (κ3) is 7.47. The van der Waals surface area contributed by atoms with Crippen molar-refractivity contribution in [2.24, 2.45) is 0 Å². The van der Waals surface area contributed by atoms with E-state index >= 15 is 0 Å². The van der Waals surface area contributed by atoms with Gasteiger partial charge >= 0.3 is 0 Å². The first-order valence-electron chi connectivity index (χ1n) is 9.74. The van der Waals surface area contributed by atoms with Crippen molar-refractivity contribution in [1.29, 1.82) is 0 Å². The minimum absolute atomic E-state index is 0.274. The summed E-state index contributed by atoms with van der Waals surface area (Å²) in [7, 11) is 0. The van der Waals surface area contributed by atoms with Gasteiger partial charge in [0.1, 0.15) is 5.82 Å². The summed E-state index contributed by atoms with van der Waals surface area (Å²) in [6.07, 6.45) is 10.6. The molecule has 0 aliphatic carbocycles. The number of rotatable bonds is 11. The number of aromatic nitrogens is 2. The van der Waals surface area contributed by atoms with Gasteiger partial charge in [0.25, 0.3) is 5.56 Å². The molecule has 4 nitrogen and oxygen atoms in total. The van der Waals surface area contributed by atoms with Gasteiger partial charge in [0.2, 0.25) is 0 Å². The van der Waals surface area contributed by atoms with E-state index in [4.69, 9.17) is 4.74 Å². The molecule has 1 aromatic carbocycles. The molecule has 1 atom stereocenters. The number of H-pyrrole nitrogens is 1. The second kappa shape index (κ2) is 11.4. The Hall–Kier alpha value is -2.27. The van der Waals surface area contributed by atoms with Crippen LogP contribution in [0.15, 0.2) is 41.2 Å². The molecule has 0 aliphatic heterocycles. The fraction of sp³-hybridized carbons (Fsp3) is 0.455. The number of hydrogen-bond donors (Lipinski definition) is 1. The SMILES string of the molecule is CCCCCOC(C)CCCC=Cc1ccc(-c2ccc(=O)[nH]n2)cc1F. The molecule has 0 saturated heterocycles. The Labute approximate surface area is 160 Å². The van der Waals surface area contributed by atoms with Crippen LogP contribution in [0.3, 0.4) is 0 Å². The van der Waals surface area contributed by atoms with Crippen molar-refractivity contribution >= 4 is 6.08 Å². The van der Waals surface area contributed by atoms with Crippen molar-refractivity contribution in [3.8, 4) is 11.3 Å². The highest BCUT2D eigenvalue weighted by Gasteiger charge is 2.05. The minimum atomic E-state index is -0.302. The van der Waals surface area contributed by atoms with Gasteiger partial charge in [-0.15, -0.1) is 0 Å². The smallest absolute Gasteiger partial charge is 0.264 e. The summed E-state index contributed by atoms with van der Waals surface area (Å²) in [4.78, 5) is 11.1. The molecule has 0 amide bonds. The molecule has 1 N–H and O–H groups in total. The maximum Gasteiger partial charge on any atom is 0.264 e. The molecule has 1 unspecified atom stereocenters. The van der Waals surface area contributed by atoms with Gasteiger partial charge in [0.15, 0.2) is 0 Å². The van der Waals surface area contributed by atoms with Gasteiger partial charge in [0, 0.05) is 23.8 Å². The molecule has 2 rings (SSSR count). The van der Waals surface area contributed by atoms with Gasteiger partial charge < -0.3 is 4.74 Å². The summed E-state index contributed by atoms with van der Waals surface area (Å²) in [5, 5.41) is 6.28. The standard InChI is InChI=1S/C22H29FN2O2/c1-3-4-8-15-27-17(2)9-6-5-7-10-18-11-12-19(16-20(18)23)21-13-14-22(26)25-24-21/h7,10-14,16-17H,3-6,8-9,15H2,1-2H3,(H,25,26). The summed E-state index contributed by atoms with van der Waals surface area (Å²) in [5.74, 6) is -0.302. The third-order valence-electron chi connectivity index (χ3n) is 4.40. The third-order valence-corrected chi connectivity index (χ3v) is 4.40. The largest absolute Gasteiger partial charge is 0.379 e. The van der Waals surface area contributed by atoms with Crippen LogP contribution in [0.4, 0.5) is 4.39 Å². The van der Waals surface area contributed by atoms with Crippen LogP contribution >= 0.6 is 0 Å². The number of nitrogens with zero attached hydrogens (tertiary/aromatic N) is 1. The number of hydrogen-bond acceptors (Lipinski definition) is 3. The van der Waals surface area contributed by atoms with Crippen molar-refractivity contribution in [1.82, 2.24) is 10.2 Å². The van der Waals surface area contributed by atoms with Crippen LogP contribution in [0.25, 0.3) is 17.3 Å². The first-order chi connectivity index (χ1) is 13.1. The Balaban J connectivity index is 1.78. The van der Waals surface area contributed by atoms with E-state index in [1.165, 1.54) is 25.0 Å². The Bertz CT molecular complexity index is 766. The van der Waals surface area contributed by atoms with Gasteiger partial charge in [-0.2, -0.15) is 5.10 Å². The van der Waals surface area contributed by atoms with Gasteiger partial charge in [-0.1, -0.05) is 44.1 Å². The quantitative estimate of drug-likeness (QED) is 0.541. The minimum Gasteiger partial charge on any atom is -0.379 e. The lowest BCUT2D eigenvalue weighted by Gasteiger charge is -2.12. The molecule has 0 spiro atoms. The molecule has 0 radical (unpaired) electrons. The second-order valence-corrected chi connectivity index (χ2v) is 6.76. The Kier molecular flexibility index (Phi) is 8.92. The van der Waals surface area contributed by atoms with Crippen LogP contribution < -0.4 is 5.56 Å². The summed E-state index contributed by atoms with van der Waals surface area (Å²) < 4.78 is 20.1. The van der Waals surface area contributed by atoms with Gasteiger partial charge in [-0.05, 0) is 44.7 Å². The molecular formula is C22H29FN2O2. The zero-order valence-electron chi connectivity index (χ0n) is 16.2. The number of nitrogens with one attached hydrogen (secondary N) is 1. The second-order valence-electron chi connectivity index (χ2n) is 6.76. The molecule has 1 heterocycles. The predicted octanol–water partition coefficient (Wildman–Crippen LogP) is 5.35. The van der Waals surface area contributed by atoms with E-state index in [9.17, 15) is 9.18 Å². The van der Waals surface area contributed by atoms with Gasteiger partial charge in [0.05, 0.1) is 11.8 Å². The van der Waals surface area contributed by atoms with E-state index in [1.54, 1.807) is 18.2 Å². The highest BCUT2D eigenvalue weighted by molar-refractivity contribution is 5.62. The van der Waals surface area contributed by atoms with E-state index < -0.39 is 0 Å². The summed E-state index contributed by atoms with van der Waals surface area (Å²) in [6.45, 7) is 5.14. The molecule has 0 fully saturated rings. The van der Waals surface area contributed by atoms with E-state index in [1.807, 2.05) is 12.2 Å². The van der Waals surface area contributed by atoms with Crippen LogP contribution in [-0.4, -0.2) is 22.9 Å². The maximum absolute atomic E-state index is 14.3. The first kappa shape index (κ1) is 21.0. The fourth-order valence-corrected chi connectivity index (χ4v) is 2.78. The Morgan fingerprint density at radius 2 is 2.07 bits per heavy atom. The lowest BCUT2D eigenvalue weighted by atomic mass is 10.1. The summed E-state index contributed by atoms with van der Waals surface area (Å²) in [5.41, 5.74) is 1.44. The highest BCUT2D eigenvalue weighted by Crippen LogP contribution is 2.20. The van der Waals surface area contributed by atoms with Crippen molar-refractivity contribution < 1.29 is 9.13 Å². The van der Waals surface area contributed by atoms with Gasteiger partial charge in [-0.3, -0.25) is 4.79 Å². The molecule has 0 saturated carbocycles. The summed E-state index contributed by atoms with van der Waals surface area (Å²) >= 11 is 0. The average molecular weight is 372 g/mol. The molecule has 2 aromatic rings. The fourth-order valence-electron chi connectivity index (χ4n) is 2.78. The lowest BCUT2D eigenvalue weighted by Crippen LogP contribution is -2.08. The zero-order valence-corrected chi connectivity index (χ0v) is 16.2. The normalized spacial score (nSPS) is 12.6. The number of allylic oxidation sites excluding steroid dienone is 1. The summed E-state index contributed by atoms with van der Waals surface area (Å²) in [6, 6.07) is 7.92. The maximum atomic E-state index is 14.3. The Morgan fingerprint density at radius 1 is 1.22 bits per heavy atom. The van der Waals surface area contributed by atoms with Crippen molar-refractivity contribution in [3.63, 3.8) is 0 Å². The lowest BCUT2D eigenvalue weighted by molar-refractivity contribution is 0.0566. The molecule has 0 aliphatic rings. The van der Waals surface area contributed by atoms with Crippen LogP contribution in [0.1, 0.15) is 57.9 Å². The molecule has 5 heteroatoms. The molecule has 27 heavy (non-hydrogen) atoms. The van der Waals surface area contributed by atoms with E-state index in [0.29, 0.717) is 16.8 Å². The topological polar surface area (TPSA) is 55.0 Å². The molecule has 146 valence electrons. The monoisotopic (exact) mass is 372 g/mol. The molecular weight excluding hydrogens is 343 g/mol. The first-order valence-corrected chi connectivity index (χ1v) is 9.74. The van der Waals surface area contributed by atoms with Crippen LogP contribution in [0.5, 0.6) is 0 Å². The van der Waals surface area contributed by atoms with Crippen LogP contribution in [0.2, 0.25) is 0 Å². The van der Waals surface area contributed by atoms with Crippen molar-refractivity contribution in [2.75, 3.05) is 6.61 Å². The van der Waals surface area contributed by atoms with Crippen molar-refractivity contribution in [2.45, 2.75) is 58.5 Å². The number of unbranched alkanes of at least 4 members (excludes halogenated alkanes) is 3. The van der Waals surface area contributed by atoms with Crippen LogP contribution in [-0.2, 0) is 4.74 Å². The van der Waals surface area contributed by atoms with E-state index in [0.717, 1.165) is 32.3 Å². The molecule has 0 bridgehead atoms. The van der Waals surface area contributed by atoms with Gasteiger partial charge in [-0.25, -0.2) is 9.49 Å². The zero-order chi connectivity index (χ0) is 19.5. The number of aromatic amines is 1. The number of benzene rings is 1. The number of halogens is 1. The number of ether oxygens (including phenoxy) is 1. The Morgan fingerprint density at radius 3 is 2.78 bits per heavy atom. The highest BCUT2D eigenvalue weighted by atomic mass is 19.1. The van der Waals surface area contributed by atoms with Crippen LogP contribution in [0, 0.1) is 5.82 Å². The average Bonchev–Trinajstić information content (AvgIpc) is 2.66. The molecule has 1 aromatic heterocycles. The van der Waals surface area contributed by atoms with E-state index in [-0.39, 0.29) is 17.5 Å².